The topological polar surface area (TPSA) is 98.5 Å². The molecule has 0 atom stereocenters. The van der Waals surface area contributed by atoms with Crippen molar-refractivity contribution in [1.29, 1.82) is 0 Å². The summed E-state index contributed by atoms with van der Waals surface area (Å²) in [6.45, 7) is 0. The van der Waals surface area contributed by atoms with Crippen LogP contribution in [-0.4, -0.2) is 38.5 Å². The quantitative estimate of drug-likeness (QED) is 0.467. The van der Waals surface area contributed by atoms with Crippen LogP contribution in [0, 0.1) is 10.2 Å². The molecular formula is C27H29ClN2O4. The number of halogens is 1. The molecule has 7 heteroatoms. The van der Waals surface area contributed by atoms with E-state index in [1.54, 1.807) is 0 Å². The summed E-state index contributed by atoms with van der Waals surface area (Å²) in [7, 11) is 3.29. The van der Waals surface area contributed by atoms with E-state index >= 15 is 0 Å². The molecule has 0 heterocycles. The molecule has 34 heavy (non-hydrogen) atoms. The van der Waals surface area contributed by atoms with Crippen molar-refractivity contribution in [3.8, 4) is 0 Å². The van der Waals surface area contributed by atoms with Crippen LogP contribution >= 0.6 is 0 Å². The third-order valence-electron chi connectivity index (χ3n) is 4.84. The van der Waals surface area contributed by atoms with Crippen molar-refractivity contribution in [3.05, 3.63) is 114 Å². The predicted octanol–water partition coefficient (Wildman–Crippen LogP) is 0.859. The average Bonchev–Trinajstić information content (AvgIpc) is 2.79. The van der Waals surface area contributed by atoms with E-state index in [4.69, 9.17) is 18.6 Å². The normalized spacial score (nSPS) is 13.6. The molecule has 0 aliphatic heterocycles. The van der Waals surface area contributed by atoms with Gasteiger partial charge >= 0.3 is 0 Å². The van der Waals surface area contributed by atoms with Crippen LogP contribution in [0.3, 0.4) is 0 Å². The molecule has 0 saturated carbocycles. The minimum atomic E-state index is -4.94. The lowest BCUT2D eigenvalue weighted by molar-refractivity contribution is -2.00. The van der Waals surface area contributed by atoms with Crippen LogP contribution < -0.4 is 23.5 Å². The minimum Gasteiger partial charge on any atom is -0.378 e. The lowest BCUT2D eigenvalue weighted by Crippen LogP contribution is -2.68. The van der Waals surface area contributed by atoms with Crippen LogP contribution in [0.15, 0.2) is 103 Å². The monoisotopic (exact) mass is 480 g/mol. The van der Waals surface area contributed by atoms with Crippen LogP contribution in [-0.2, 0) is 0 Å². The third-order valence-corrected chi connectivity index (χ3v) is 4.84. The van der Waals surface area contributed by atoms with Crippen LogP contribution in [0.1, 0.15) is 11.1 Å². The number of allylic oxidation sites excluding steroid dienone is 9. The highest BCUT2D eigenvalue weighted by Gasteiger charge is 2.03. The van der Waals surface area contributed by atoms with Crippen molar-refractivity contribution in [1.82, 2.24) is 0 Å². The molecule has 2 aromatic carbocycles. The van der Waals surface area contributed by atoms with Crippen LogP contribution in [0.2, 0.25) is 0 Å². The molecule has 178 valence electrons. The van der Waals surface area contributed by atoms with Gasteiger partial charge in [-0.2, -0.15) is 0 Å². The summed E-state index contributed by atoms with van der Waals surface area (Å²) in [4.78, 5) is 2.11. The highest BCUT2D eigenvalue weighted by atomic mass is 35.7. The molecule has 0 fully saturated rings. The van der Waals surface area contributed by atoms with Gasteiger partial charge in [0, 0.05) is 31.9 Å². The molecule has 1 aliphatic carbocycles. The number of rotatable bonds is 5. The molecule has 0 N–H and O–H groups in total. The Kier molecular flexibility index (Phi) is 10.2. The van der Waals surface area contributed by atoms with E-state index in [1.807, 2.05) is 0 Å². The molecule has 0 saturated heterocycles. The second kappa shape index (κ2) is 12.8. The predicted molar refractivity (Wildman–Crippen MR) is 128 cm³/mol. The highest BCUT2D eigenvalue weighted by molar-refractivity contribution is 6.02. The maximum absolute atomic E-state index is 8.49. The average molecular weight is 481 g/mol. The first kappa shape index (κ1) is 27.0. The molecule has 0 unspecified atom stereocenters. The van der Waals surface area contributed by atoms with E-state index in [0.717, 1.165) is 0 Å². The van der Waals surface area contributed by atoms with Crippen LogP contribution in [0.4, 0.5) is 5.69 Å². The summed E-state index contributed by atoms with van der Waals surface area (Å²) in [5.41, 5.74) is 7.17. The Morgan fingerprint density at radius 1 is 0.824 bits per heavy atom. The fourth-order valence-electron chi connectivity index (χ4n) is 3.02. The smallest absolute Gasteiger partial charge is 0.199 e. The van der Waals surface area contributed by atoms with Crippen LogP contribution in [0.25, 0.3) is 11.6 Å². The Balaban J connectivity index is 0.000000739. The van der Waals surface area contributed by atoms with E-state index in [2.05, 4.69) is 141 Å². The second-order valence-corrected chi connectivity index (χ2v) is 8.59. The van der Waals surface area contributed by atoms with E-state index < -0.39 is 10.2 Å². The standard InChI is InChI=1S/C27H29N2.ClHO4/c1-28(2)26-18-12-22(13-19-26)10-16-25(24-8-6-5-7-9-24)17-11-23-14-20-27(21-15-23)29(3)4;2-1(3,4)5/h5-21H,1-4H3;(H,2,3,4,5)/q+1;/p-1. The Labute approximate surface area is 203 Å². The summed E-state index contributed by atoms with van der Waals surface area (Å²) < 4.78 is 36.1. The zero-order valence-corrected chi connectivity index (χ0v) is 20.5. The number of anilines is 1. The third kappa shape index (κ3) is 10.1. The zero-order chi connectivity index (χ0) is 25.1. The van der Waals surface area contributed by atoms with Gasteiger partial charge in [-0.3, -0.25) is 0 Å². The maximum Gasteiger partial charge on any atom is 0.199 e. The first-order chi connectivity index (χ1) is 16.0. The van der Waals surface area contributed by atoms with Gasteiger partial charge in [-0.05, 0) is 46.6 Å². The fraction of sp³-hybridized carbons (Fsp3) is 0.148. The Hall–Kier alpha value is -3.26. The summed E-state index contributed by atoms with van der Waals surface area (Å²) >= 11 is 0. The highest BCUT2D eigenvalue weighted by Crippen LogP contribution is 2.20. The molecule has 2 aromatic rings. The van der Waals surface area contributed by atoms with Crippen molar-refractivity contribution in [2.24, 2.45) is 0 Å². The summed E-state index contributed by atoms with van der Waals surface area (Å²) in [5.74, 6) is 0. The Bertz CT molecular complexity index is 1090. The summed E-state index contributed by atoms with van der Waals surface area (Å²) in [6, 6.07) is 19.1. The summed E-state index contributed by atoms with van der Waals surface area (Å²) in [6.07, 6.45) is 17.3. The molecule has 0 amide bonds. The number of nitrogens with zero attached hydrogens (tertiary/aromatic N) is 2. The van der Waals surface area contributed by atoms with E-state index in [9.17, 15) is 0 Å². The van der Waals surface area contributed by atoms with Gasteiger partial charge < -0.3 is 4.90 Å². The van der Waals surface area contributed by atoms with Gasteiger partial charge in [0.15, 0.2) is 5.71 Å². The van der Waals surface area contributed by atoms with Gasteiger partial charge in [-0.15, -0.1) is 10.2 Å². The Morgan fingerprint density at radius 2 is 1.38 bits per heavy atom. The molecule has 0 bridgehead atoms. The van der Waals surface area contributed by atoms with E-state index in [0.29, 0.717) is 0 Å². The number of hydrogen-bond donors (Lipinski definition) is 0. The van der Waals surface area contributed by atoms with Crippen molar-refractivity contribution in [2.45, 2.75) is 0 Å². The Morgan fingerprint density at radius 3 is 1.88 bits per heavy atom. The van der Waals surface area contributed by atoms with Gasteiger partial charge in [0.05, 0.1) is 0 Å². The van der Waals surface area contributed by atoms with E-state index in [-0.39, 0.29) is 0 Å². The van der Waals surface area contributed by atoms with Crippen molar-refractivity contribution < 1.29 is 33.5 Å². The SMILES string of the molecule is CN(C)c1ccc(C=CC(=CC=C2C=CC(=[N+](C)C)C=C2)c2ccccc2)cc1.[O-][Cl+3]([O-])([O-])[O-]. The van der Waals surface area contributed by atoms with Gasteiger partial charge in [0.25, 0.3) is 0 Å². The first-order valence-corrected chi connectivity index (χ1v) is 11.7. The summed E-state index contributed by atoms with van der Waals surface area (Å²) in [5, 5.41) is 0. The van der Waals surface area contributed by atoms with Gasteiger partial charge in [0.1, 0.15) is 14.1 Å². The molecule has 0 radical (unpaired) electrons. The fourth-order valence-corrected chi connectivity index (χ4v) is 3.02. The van der Waals surface area contributed by atoms with Gasteiger partial charge in [-0.1, -0.05) is 66.8 Å². The molecule has 0 aromatic heterocycles. The van der Waals surface area contributed by atoms with Gasteiger partial charge in [0.2, 0.25) is 0 Å². The zero-order valence-electron chi connectivity index (χ0n) is 19.7. The first-order valence-electron chi connectivity index (χ1n) is 10.5. The van der Waals surface area contributed by atoms with Crippen molar-refractivity contribution in [3.63, 3.8) is 0 Å². The number of hydrogen-bond acceptors (Lipinski definition) is 5. The van der Waals surface area contributed by atoms with Crippen molar-refractivity contribution >= 4 is 23.0 Å². The van der Waals surface area contributed by atoms with Crippen LogP contribution in [0.5, 0.6) is 0 Å². The largest absolute Gasteiger partial charge is 0.378 e. The van der Waals surface area contributed by atoms with Crippen molar-refractivity contribution in [2.75, 3.05) is 33.1 Å². The minimum absolute atomic E-state index is 1.18. The van der Waals surface area contributed by atoms with Gasteiger partial charge in [-0.25, -0.2) is 23.2 Å². The molecule has 6 nitrogen and oxygen atoms in total. The molecule has 3 rings (SSSR count). The molecule has 0 spiro atoms. The molecular weight excluding hydrogens is 452 g/mol. The van der Waals surface area contributed by atoms with E-state index in [1.165, 1.54) is 33.7 Å². The molecule has 1 aliphatic rings. The lowest BCUT2D eigenvalue weighted by Gasteiger charge is -2.17. The number of benzene rings is 2. The maximum atomic E-state index is 8.49. The lowest BCUT2D eigenvalue weighted by atomic mass is 10.0. The second-order valence-electron chi connectivity index (χ2n) is 7.84.